The Bertz CT molecular complexity index is 808. The van der Waals surface area contributed by atoms with Gasteiger partial charge in [0, 0.05) is 12.2 Å². The molecule has 5 nitrogen and oxygen atoms in total. The molecule has 1 aromatic heterocycles. The third kappa shape index (κ3) is 4.62. The Kier molecular flexibility index (Phi) is 5.20. The predicted molar refractivity (Wildman–Crippen MR) is 90.8 cm³/mol. The molecule has 1 fully saturated rings. The summed E-state index contributed by atoms with van der Waals surface area (Å²) in [6.07, 6.45) is 1.18. The SMILES string of the molecule is O=S1(=O)CC[C@@H](Cc2nnc(SCc3ccc(Cl)c(Cl)c3)o2)C1. The maximum Gasteiger partial charge on any atom is 0.276 e. The summed E-state index contributed by atoms with van der Waals surface area (Å²) < 4.78 is 28.5. The van der Waals surface area contributed by atoms with E-state index >= 15 is 0 Å². The summed E-state index contributed by atoms with van der Waals surface area (Å²) in [5.74, 6) is 1.67. The number of aromatic nitrogens is 2. The molecule has 2 heterocycles. The highest BCUT2D eigenvalue weighted by Crippen LogP contribution is 2.28. The second-order valence-corrected chi connectivity index (χ2v) is 9.44. The molecule has 1 saturated heterocycles. The van der Waals surface area contributed by atoms with Gasteiger partial charge in [-0.15, -0.1) is 10.2 Å². The van der Waals surface area contributed by atoms with Crippen LogP contribution in [0.3, 0.4) is 0 Å². The summed E-state index contributed by atoms with van der Waals surface area (Å²) in [7, 11) is -2.88. The van der Waals surface area contributed by atoms with Crippen molar-refractivity contribution < 1.29 is 12.8 Å². The van der Waals surface area contributed by atoms with Crippen LogP contribution in [0, 0.1) is 5.92 Å². The molecule has 1 aliphatic heterocycles. The van der Waals surface area contributed by atoms with Gasteiger partial charge in [0.1, 0.15) is 0 Å². The Morgan fingerprint density at radius 2 is 2.09 bits per heavy atom. The van der Waals surface area contributed by atoms with Crippen LogP contribution < -0.4 is 0 Å². The smallest absolute Gasteiger partial charge is 0.276 e. The first kappa shape index (κ1) is 17.1. The standard InChI is InChI=1S/C14H14Cl2N2O3S2/c15-11-2-1-9(5-12(11)16)7-22-14-18-17-13(21-14)6-10-3-4-23(19,20)8-10/h1-2,5,10H,3-4,6-8H2/t10-/m0/s1. The molecule has 0 aliphatic carbocycles. The molecule has 2 aromatic rings. The molecule has 0 amide bonds. The number of hydrogen-bond donors (Lipinski definition) is 0. The Balaban J connectivity index is 1.56. The molecule has 1 aromatic carbocycles. The van der Waals surface area contributed by atoms with E-state index in [0.29, 0.717) is 39.8 Å². The molecule has 0 saturated carbocycles. The highest BCUT2D eigenvalue weighted by Gasteiger charge is 2.29. The van der Waals surface area contributed by atoms with Gasteiger partial charge >= 0.3 is 0 Å². The van der Waals surface area contributed by atoms with Crippen molar-refractivity contribution in [1.82, 2.24) is 10.2 Å². The van der Waals surface area contributed by atoms with Crippen molar-refractivity contribution >= 4 is 44.8 Å². The molecule has 9 heteroatoms. The topological polar surface area (TPSA) is 73.1 Å². The fraction of sp³-hybridized carbons (Fsp3) is 0.429. The third-order valence-electron chi connectivity index (χ3n) is 3.58. The molecule has 1 aliphatic rings. The van der Waals surface area contributed by atoms with Crippen LogP contribution in [-0.2, 0) is 22.0 Å². The number of rotatable bonds is 5. The molecule has 0 radical (unpaired) electrons. The van der Waals surface area contributed by atoms with Crippen molar-refractivity contribution in [3.63, 3.8) is 0 Å². The monoisotopic (exact) mass is 392 g/mol. The van der Waals surface area contributed by atoms with Gasteiger partial charge in [-0.3, -0.25) is 0 Å². The second kappa shape index (κ2) is 7.01. The predicted octanol–water partition coefficient (Wildman–Crippen LogP) is 3.65. The summed E-state index contributed by atoms with van der Waals surface area (Å²) in [5.41, 5.74) is 1.01. The summed E-state index contributed by atoms with van der Waals surface area (Å²) >= 11 is 13.3. The average molecular weight is 393 g/mol. The van der Waals surface area contributed by atoms with Gasteiger partial charge in [0.2, 0.25) is 5.89 Å². The fourth-order valence-electron chi connectivity index (χ4n) is 2.43. The molecule has 1 atom stereocenters. The van der Waals surface area contributed by atoms with E-state index < -0.39 is 9.84 Å². The maximum atomic E-state index is 11.5. The fourth-order valence-corrected chi connectivity index (χ4v) is 5.34. The molecule has 23 heavy (non-hydrogen) atoms. The average Bonchev–Trinajstić information content (AvgIpc) is 3.07. The number of sulfone groups is 1. The number of hydrogen-bond acceptors (Lipinski definition) is 6. The van der Waals surface area contributed by atoms with E-state index in [4.69, 9.17) is 27.6 Å². The van der Waals surface area contributed by atoms with Crippen LogP contribution in [0.15, 0.2) is 27.8 Å². The first-order valence-electron chi connectivity index (χ1n) is 7.01. The Hall–Kier alpha value is -0.760. The van der Waals surface area contributed by atoms with Gasteiger partial charge < -0.3 is 4.42 Å². The first-order chi connectivity index (χ1) is 10.9. The van der Waals surface area contributed by atoms with E-state index in [-0.39, 0.29) is 17.4 Å². The van der Waals surface area contributed by atoms with Crippen LogP contribution in [0.5, 0.6) is 0 Å². The van der Waals surface area contributed by atoms with E-state index in [1.54, 1.807) is 12.1 Å². The molecule has 0 bridgehead atoms. The molecule has 0 unspecified atom stereocenters. The van der Waals surface area contributed by atoms with Gasteiger partial charge in [-0.2, -0.15) is 0 Å². The minimum absolute atomic E-state index is 0.0772. The number of nitrogens with zero attached hydrogens (tertiary/aromatic N) is 2. The van der Waals surface area contributed by atoms with Gasteiger partial charge in [0.05, 0.1) is 21.6 Å². The van der Waals surface area contributed by atoms with E-state index in [0.717, 1.165) is 5.56 Å². The van der Waals surface area contributed by atoms with E-state index in [1.165, 1.54) is 11.8 Å². The van der Waals surface area contributed by atoms with Crippen molar-refractivity contribution in [2.45, 2.75) is 23.8 Å². The first-order valence-corrected chi connectivity index (χ1v) is 10.6. The Morgan fingerprint density at radius 1 is 1.26 bits per heavy atom. The number of thioether (sulfide) groups is 1. The van der Waals surface area contributed by atoms with E-state index in [2.05, 4.69) is 10.2 Å². The lowest BCUT2D eigenvalue weighted by Crippen LogP contribution is -2.07. The van der Waals surface area contributed by atoms with Gasteiger partial charge in [-0.05, 0) is 30.0 Å². The van der Waals surface area contributed by atoms with E-state index in [9.17, 15) is 8.42 Å². The van der Waals surface area contributed by atoms with Crippen LogP contribution in [0.4, 0.5) is 0 Å². The van der Waals surface area contributed by atoms with Gasteiger partial charge in [0.15, 0.2) is 9.84 Å². The van der Waals surface area contributed by atoms with Crippen molar-refractivity contribution in [3.8, 4) is 0 Å². The molecular weight excluding hydrogens is 379 g/mol. The second-order valence-electron chi connectivity index (χ2n) is 5.47. The largest absolute Gasteiger partial charge is 0.416 e. The molecule has 124 valence electrons. The van der Waals surface area contributed by atoms with Gasteiger partial charge in [-0.25, -0.2) is 8.42 Å². The Labute approximate surface area is 148 Å². The Morgan fingerprint density at radius 3 is 2.78 bits per heavy atom. The minimum atomic E-state index is -2.88. The number of benzene rings is 1. The minimum Gasteiger partial charge on any atom is -0.416 e. The molecule has 0 spiro atoms. The van der Waals surface area contributed by atoms with Crippen LogP contribution in [0.25, 0.3) is 0 Å². The van der Waals surface area contributed by atoms with Crippen LogP contribution in [0.1, 0.15) is 17.9 Å². The highest BCUT2D eigenvalue weighted by molar-refractivity contribution is 7.98. The summed E-state index contributed by atoms with van der Waals surface area (Å²) in [5, 5.41) is 9.48. The summed E-state index contributed by atoms with van der Waals surface area (Å²) in [6, 6.07) is 5.44. The van der Waals surface area contributed by atoms with Crippen LogP contribution in [0.2, 0.25) is 10.0 Å². The maximum absolute atomic E-state index is 11.5. The summed E-state index contributed by atoms with van der Waals surface area (Å²) in [4.78, 5) is 0. The zero-order valence-corrected chi connectivity index (χ0v) is 15.2. The van der Waals surface area contributed by atoms with Crippen molar-refractivity contribution in [2.24, 2.45) is 5.92 Å². The lowest BCUT2D eigenvalue weighted by molar-refractivity contribution is 0.389. The van der Waals surface area contributed by atoms with Gasteiger partial charge in [-0.1, -0.05) is 41.0 Å². The van der Waals surface area contributed by atoms with Crippen LogP contribution >= 0.6 is 35.0 Å². The molecule has 3 rings (SSSR count). The quantitative estimate of drug-likeness (QED) is 0.722. The third-order valence-corrected chi connectivity index (χ3v) is 7.05. The zero-order valence-electron chi connectivity index (χ0n) is 12.0. The lowest BCUT2D eigenvalue weighted by Gasteiger charge is -2.02. The zero-order chi connectivity index (χ0) is 16.4. The molecule has 0 N–H and O–H groups in total. The molecular formula is C14H14Cl2N2O3S2. The van der Waals surface area contributed by atoms with Crippen molar-refractivity contribution in [2.75, 3.05) is 11.5 Å². The highest BCUT2D eigenvalue weighted by atomic mass is 35.5. The normalized spacial score (nSPS) is 20.0. The lowest BCUT2D eigenvalue weighted by atomic mass is 10.1. The van der Waals surface area contributed by atoms with Crippen LogP contribution in [-0.4, -0.2) is 30.1 Å². The van der Waals surface area contributed by atoms with Gasteiger partial charge in [0.25, 0.3) is 5.22 Å². The van der Waals surface area contributed by atoms with Crippen molar-refractivity contribution in [1.29, 1.82) is 0 Å². The van der Waals surface area contributed by atoms with Crippen molar-refractivity contribution in [3.05, 3.63) is 39.7 Å². The summed E-state index contributed by atoms with van der Waals surface area (Å²) in [6.45, 7) is 0. The number of halogens is 2. The van der Waals surface area contributed by atoms with E-state index in [1.807, 2.05) is 6.07 Å².